The number of ether oxygens (including phenoxy) is 1. The van der Waals surface area contributed by atoms with Gasteiger partial charge >= 0.3 is 0 Å². The summed E-state index contributed by atoms with van der Waals surface area (Å²) < 4.78 is 6.12. The van der Waals surface area contributed by atoms with Crippen molar-refractivity contribution in [2.75, 3.05) is 42.2 Å². The van der Waals surface area contributed by atoms with Crippen LogP contribution in [0.3, 0.4) is 0 Å². The first-order valence-electron chi connectivity index (χ1n) is 12.9. The number of fused-ring (bicyclic) bond motifs is 1. The lowest BCUT2D eigenvalue weighted by Gasteiger charge is -2.27. The van der Waals surface area contributed by atoms with Crippen molar-refractivity contribution < 1.29 is 9.53 Å². The summed E-state index contributed by atoms with van der Waals surface area (Å²) in [7, 11) is 2.17. The summed E-state index contributed by atoms with van der Waals surface area (Å²) in [5, 5.41) is 6.79. The molecular formula is C29H33N7O2. The lowest BCUT2D eigenvalue weighted by atomic mass is 10.2. The molecule has 1 saturated heterocycles. The van der Waals surface area contributed by atoms with Gasteiger partial charge in [0.1, 0.15) is 11.4 Å². The number of likely N-dealkylation sites (tertiary alicyclic amines) is 1. The highest BCUT2D eigenvalue weighted by Gasteiger charge is 2.25. The Morgan fingerprint density at radius 1 is 1.21 bits per heavy atom. The van der Waals surface area contributed by atoms with Crippen LogP contribution in [-0.2, 0) is 4.79 Å². The third kappa shape index (κ3) is 5.78. The van der Waals surface area contributed by atoms with Crippen molar-refractivity contribution in [3.8, 4) is 11.6 Å². The number of aromatic amines is 1. The van der Waals surface area contributed by atoms with Gasteiger partial charge in [-0.05, 0) is 67.9 Å². The Kier molecular flexibility index (Phi) is 7.55. The molecule has 1 fully saturated rings. The minimum absolute atomic E-state index is 0.289. The molecule has 3 heterocycles. The number of amides is 1. The minimum atomic E-state index is -0.289. The Balaban J connectivity index is 1.31. The summed E-state index contributed by atoms with van der Waals surface area (Å²) in [6, 6.07) is 17.8. The maximum Gasteiger partial charge on any atom is 0.247 e. The van der Waals surface area contributed by atoms with E-state index in [-0.39, 0.29) is 5.91 Å². The first-order valence-corrected chi connectivity index (χ1v) is 12.9. The topological polar surface area (TPSA) is 98.4 Å². The van der Waals surface area contributed by atoms with E-state index in [4.69, 9.17) is 4.74 Å². The number of likely N-dealkylation sites (N-methyl/N-ethyl adjacent to an activating group) is 1. The van der Waals surface area contributed by atoms with E-state index >= 15 is 0 Å². The lowest BCUT2D eigenvalue weighted by Crippen LogP contribution is -2.34. The average molecular weight is 512 g/mol. The first-order chi connectivity index (χ1) is 18.5. The Morgan fingerprint density at radius 2 is 2.05 bits per heavy atom. The average Bonchev–Trinajstić information content (AvgIpc) is 3.59. The smallest absolute Gasteiger partial charge is 0.247 e. The van der Waals surface area contributed by atoms with E-state index in [2.05, 4.69) is 68.1 Å². The highest BCUT2D eigenvalue weighted by molar-refractivity contribution is 5.99. The number of hydrogen-bond donors (Lipinski definition) is 3. The summed E-state index contributed by atoms with van der Waals surface area (Å²) in [6.45, 7) is 9.17. The molecule has 1 aliphatic rings. The second kappa shape index (κ2) is 11.4. The van der Waals surface area contributed by atoms with Gasteiger partial charge in [0.15, 0.2) is 0 Å². The van der Waals surface area contributed by atoms with Crippen molar-refractivity contribution in [2.45, 2.75) is 25.8 Å². The van der Waals surface area contributed by atoms with Gasteiger partial charge in [-0.15, -0.1) is 0 Å². The number of hydrogen-bond acceptors (Lipinski definition) is 7. The third-order valence-corrected chi connectivity index (χ3v) is 6.75. The zero-order chi connectivity index (χ0) is 26.5. The van der Waals surface area contributed by atoms with Gasteiger partial charge in [-0.1, -0.05) is 19.6 Å². The van der Waals surface area contributed by atoms with Gasteiger partial charge in [0.2, 0.25) is 17.7 Å². The number of carbonyl (C=O) groups excluding carboxylic acids is 1. The highest BCUT2D eigenvalue weighted by atomic mass is 16.5. The largest absolute Gasteiger partial charge is 0.438 e. The lowest BCUT2D eigenvalue weighted by molar-refractivity contribution is -0.111. The predicted molar refractivity (Wildman–Crippen MR) is 152 cm³/mol. The summed E-state index contributed by atoms with van der Waals surface area (Å²) in [5.74, 6) is 1.07. The number of benzene rings is 2. The maximum absolute atomic E-state index is 11.7. The standard InChI is InChI=1S/C29H33N7O2/c1-4-16-36-17-14-23(19-36)35(3)22-11-9-20(10-12-22)32-29-33-27-25(13-15-30-27)28(34-29)38-24-8-6-7-21(18-24)31-26(37)5-2/h5-13,15,18,23H,2,4,14,16-17,19H2,1,3H3,(H,31,37)(H2,30,32,33,34)/t23-/m0/s1. The van der Waals surface area contributed by atoms with Crippen LogP contribution in [-0.4, -0.2) is 58.5 Å². The van der Waals surface area contributed by atoms with Gasteiger partial charge in [0.25, 0.3) is 0 Å². The number of rotatable bonds is 10. The zero-order valence-corrected chi connectivity index (χ0v) is 21.8. The van der Waals surface area contributed by atoms with Gasteiger partial charge in [0.05, 0.1) is 5.39 Å². The SMILES string of the molecule is C=CC(=O)Nc1cccc(Oc2nc(Nc3ccc(N(C)[C@H]4CCN(CCC)C4)cc3)nc3[nH]ccc23)c1. The van der Waals surface area contributed by atoms with Gasteiger partial charge in [0, 0.05) is 55.5 Å². The van der Waals surface area contributed by atoms with Crippen LogP contribution < -0.4 is 20.3 Å². The van der Waals surface area contributed by atoms with Crippen molar-refractivity contribution in [1.29, 1.82) is 0 Å². The number of anilines is 4. The number of aromatic nitrogens is 3. The van der Waals surface area contributed by atoms with Crippen LogP contribution in [0.1, 0.15) is 19.8 Å². The second-order valence-corrected chi connectivity index (χ2v) is 9.44. The number of carbonyl (C=O) groups is 1. The molecule has 9 heteroatoms. The van der Waals surface area contributed by atoms with E-state index in [1.54, 1.807) is 30.5 Å². The van der Waals surface area contributed by atoms with E-state index < -0.39 is 0 Å². The fraction of sp³-hybridized carbons (Fsp3) is 0.276. The molecule has 9 nitrogen and oxygen atoms in total. The molecule has 0 aliphatic carbocycles. The van der Waals surface area contributed by atoms with Crippen LogP contribution in [0, 0.1) is 0 Å². The molecule has 1 amide bonds. The van der Waals surface area contributed by atoms with E-state index in [0.717, 1.165) is 17.6 Å². The molecule has 1 aliphatic heterocycles. The Labute approximate surface area is 222 Å². The summed E-state index contributed by atoms with van der Waals surface area (Å²) in [6.07, 6.45) is 5.40. The Morgan fingerprint density at radius 3 is 2.84 bits per heavy atom. The molecular weight excluding hydrogens is 478 g/mol. The van der Waals surface area contributed by atoms with Crippen molar-refractivity contribution in [3.05, 3.63) is 73.4 Å². The Hall–Kier alpha value is -4.37. The van der Waals surface area contributed by atoms with Gasteiger partial charge < -0.3 is 30.2 Å². The van der Waals surface area contributed by atoms with Crippen molar-refractivity contribution in [1.82, 2.24) is 19.9 Å². The summed E-state index contributed by atoms with van der Waals surface area (Å²) >= 11 is 0. The second-order valence-electron chi connectivity index (χ2n) is 9.44. The molecule has 4 aromatic rings. The molecule has 1 atom stereocenters. The van der Waals surface area contributed by atoms with Crippen LogP contribution in [0.2, 0.25) is 0 Å². The molecule has 2 aromatic heterocycles. The molecule has 2 aromatic carbocycles. The highest BCUT2D eigenvalue weighted by Crippen LogP contribution is 2.31. The number of nitrogens with one attached hydrogen (secondary N) is 3. The van der Waals surface area contributed by atoms with Crippen LogP contribution >= 0.6 is 0 Å². The molecule has 38 heavy (non-hydrogen) atoms. The summed E-state index contributed by atoms with van der Waals surface area (Å²) in [5.41, 5.74) is 3.33. The number of H-pyrrole nitrogens is 1. The zero-order valence-electron chi connectivity index (χ0n) is 21.8. The van der Waals surface area contributed by atoms with Crippen molar-refractivity contribution in [2.24, 2.45) is 0 Å². The van der Waals surface area contributed by atoms with Crippen LogP contribution in [0.15, 0.2) is 73.4 Å². The fourth-order valence-electron chi connectivity index (χ4n) is 4.76. The first kappa shape index (κ1) is 25.3. The van der Waals surface area contributed by atoms with Crippen LogP contribution in [0.25, 0.3) is 11.0 Å². The molecule has 196 valence electrons. The molecule has 0 spiro atoms. The van der Waals surface area contributed by atoms with E-state index in [0.29, 0.717) is 35.0 Å². The quantitative estimate of drug-likeness (QED) is 0.241. The van der Waals surface area contributed by atoms with E-state index in [1.165, 1.54) is 37.7 Å². The maximum atomic E-state index is 11.7. The number of nitrogens with zero attached hydrogens (tertiary/aromatic N) is 4. The molecule has 3 N–H and O–H groups in total. The molecule has 0 unspecified atom stereocenters. The molecule has 5 rings (SSSR count). The van der Waals surface area contributed by atoms with Gasteiger partial charge in [-0.3, -0.25) is 4.79 Å². The van der Waals surface area contributed by atoms with E-state index in [9.17, 15) is 4.79 Å². The van der Waals surface area contributed by atoms with Crippen LogP contribution in [0.4, 0.5) is 23.0 Å². The summed E-state index contributed by atoms with van der Waals surface area (Å²) in [4.78, 5) is 29.0. The van der Waals surface area contributed by atoms with Gasteiger partial charge in [-0.25, -0.2) is 0 Å². The molecule has 0 saturated carbocycles. The molecule has 0 radical (unpaired) electrons. The third-order valence-electron chi connectivity index (χ3n) is 6.75. The van der Waals surface area contributed by atoms with Crippen molar-refractivity contribution in [3.63, 3.8) is 0 Å². The normalized spacial score (nSPS) is 15.4. The van der Waals surface area contributed by atoms with Crippen LogP contribution in [0.5, 0.6) is 11.6 Å². The van der Waals surface area contributed by atoms with Crippen molar-refractivity contribution >= 4 is 40.0 Å². The Bertz CT molecular complexity index is 1420. The monoisotopic (exact) mass is 511 g/mol. The van der Waals surface area contributed by atoms with E-state index in [1.807, 2.05) is 18.2 Å². The fourth-order valence-corrected chi connectivity index (χ4v) is 4.76. The minimum Gasteiger partial charge on any atom is -0.438 e. The van der Waals surface area contributed by atoms with Gasteiger partial charge in [-0.2, -0.15) is 9.97 Å². The predicted octanol–water partition coefficient (Wildman–Crippen LogP) is 5.54. The molecule has 0 bridgehead atoms.